The van der Waals surface area contributed by atoms with Gasteiger partial charge in [0, 0.05) is 23.5 Å². The van der Waals surface area contributed by atoms with E-state index in [0.29, 0.717) is 11.3 Å². The monoisotopic (exact) mass is 359 g/mol. The van der Waals surface area contributed by atoms with Crippen molar-refractivity contribution in [2.45, 2.75) is 13.0 Å². The van der Waals surface area contributed by atoms with Gasteiger partial charge < -0.3 is 14.5 Å². The minimum atomic E-state index is -0.957. The van der Waals surface area contributed by atoms with Gasteiger partial charge in [-0.15, -0.1) is 0 Å². The number of nitrogens with zero attached hydrogens (tertiary/aromatic N) is 2. The molecule has 0 aliphatic rings. The zero-order chi connectivity index (χ0) is 18.8. The fraction of sp³-hybridized carbons (Fsp3) is 0.0952. The summed E-state index contributed by atoms with van der Waals surface area (Å²) < 4.78 is 7.00. The number of benzene rings is 2. The first-order valence-corrected chi connectivity index (χ1v) is 8.55. The number of amides is 1. The van der Waals surface area contributed by atoms with E-state index in [0.717, 1.165) is 10.8 Å². The molecule has 4 aromatic rings. The maximum absolute atomic E-state index is 12.5. The van der Waals surface area contributed by atoms with Gasteiger partial charge >= 0.3 is 5.97 Å². The molecule has 6 nitrogen and oxygen atoms in total. The van der Waals surface area contributed by atoms with Crippen molar-refractivity contribution in [3.05, 3.63) is 78.8 Å². The molecule has 0 saturated heterocycles. The Morgan fingerprint density at radius 1 is 1.04 bits per heavy atom. The van der Waals surface area contributed by atoms with Gasteiger partial charge in [0.2, 0.25) is 0 Å². The van der Waals surface area contributed by atoms with Gasteiger partial charge in [-0.3, -0.25) is 4.79 Å². The van der Waals surface area contributed by atoms with Crippen molar-refractivity contribution >= 4 is 34.0 Å². The zero-order valence-electron chi connectivity index (χ0n) is 14.6. The average Bonchev–Trinajstić information content (AvgIpc) is 3.12. The SMILES string of the molecule is C[C@@H](OC(=O)c1cn2ccccc2n1)C(=O)Nc1cccc2ccccc12. The molecule has 27 heavy (non-hydrogen) atoms. The number of esters is 1. The Labute approximate surface area is 155 Å². The Morgan fingerprint density at radius 3 is 2.67 bits per heavy atom. The summed E-state index contributed by atoms with van der Waals surface area (Å²) in [6, 6.07) is 18.9. The molecule has 0 unspecified atom stereocenters. The Kier molecular flexibility index (Phi) is 4.30. The molecule has 0 aliphatic carbocycles. The van der Waals surface area contributed by atoms with Crippen LogP contribution in [-0.2, 0) is 9.53 Å². The molecule has 0 bridgehead atoms. The lowest BCUT2D eigenvalue weighted by molar-refractivity contribution is -0.123. The fourth-order valence-electron chi connectivity index (χ4n) is 2.88. The van der Waals surface area contributed by atoms with Crippen molar-refractivity contribution in [1.82, 2.24) is 9.38 Å². The first-order chi connectivity index (χ1) is 13.1. The highest BCUT2D eigenvalue weighted by molar-refractivity contribution is 6.04. The minimum Gasteiger partial charge on any atom is -0.448 e. The molecule has 4 rings (SSSR count). The average molecular weight is 359 g/mol. The number of carbonyl (C=O) groups is 2. The first-order valence-electron chi connectivity index (χ1n) is 8.55. The number of anilines is 1. The third kappa shape index (κ3) is 3.37. The fourth-order valence-corrected chi connectivity index (χ4v) is 2.88. The molecule has 2 heterocycles. The van der Waals surface area contributed by atoms with E-state index in [2.05, 4.69) is 10.3 Å². The largest absolute Gasteiger partial charge is 0.448 e. The summed E-state index contributed by atoms with van der Waals surface area (Å²) in [6.45, 7) is 1.54. The van der Waals surface area contributed by atoms with Crippen molar-refractivity contribution < 1.29 is 14.3 Å². The lowest BCUT2D eigenvalue weighted by Crippen LogP contribution is -2.30. The number of rotatable bonds is 4. The van der Waals surface area contributed by atoms with E-state index in [1.807, 2.05) is 54.6 Å². The van der Waals surface area contributed by atoms with Crippen LogP contribution in [0.25, 0.3) is 16.4 Å². The smallest absolute Gasteiger partial charge is 0.359 e. The number of nitrogens with one attached hydrogen (secondary N) is 1. The van der Waals surface area contributed by atoms with E-state index in [4.69, 9.17) is 4.74 Å². The summed E-state index contributed by atoms with van der Waals surface area (Å²) >= 11 is 0. The molecular formula is C21H17N3O3. The molecule has 1 N–H and O–H groups in total. The highest BCUT2D eigenvalue weighted by Gasteiger charge is 2.21. The second-order valence-corrected chi connectivity index (χ2v) is 6.16. The van der Waals surface area contributed by atoms with Crippen molar-refractivity contribution in [3.8, 4) is 0 Å². The number of ether oxygens (including phenoxy) is 1. The molecule has 2 aromatic carbocycles. The Bertz CT molecular complexity index is 1110. The molecule has 1 amide bonds. The van der Waals surface area contributed by atoms with E-state index >= 15 is 0 Å². The number of imidazole rings is 1. The molecule has 0 fully saturated rings. The van der Waals surface area contributed by atoms with Crippen LogP contribution in [0, 0.1) is 0 Å². The molecule has 0 radical (unpaired) electrons. The van der Waals surface area contributed by atoms with Crippen molar-refractivity contribution in [2.75, 3.05) is 5.32 Å². The number of hydrogen-bond acceptors (Lipinski definition) is 4. The second kappa shape index (κ2) is 6.92. The Balaban J connectivity index is 1.48. The number of carbonyl (C=O) groups excluding carboxylic acids is 2. The number of fused-ring (bicyclic) bond motifs is 2. The predicted octanol–water partition coefficient (Wildman–Crippen LogP) is 3.67. The summed E-state index contributed by atoms with van der Waals surface area (Å²) in [6.07, 6.45) is 2.41. The van der Waals surface area contributed by atoms with Crippen LogP contribution >= 0.6 is 0 Å². The van der Waals surface area contributed by atoms with E-state index in [1.54, 1.807) is 22.9 Å². The van der Waals surface area contributed by atoms with Gasteiger partial charge in [0.05, 0.1) is 0 Å². The van der Waals surface area contributed by atoms with Crippen LogP contribution in [0.2, 0.25) is 0 Å². The van der Waals surface area contributed by atoms with Crippen LogP contribution in [0.1, 0.15) is 17.4 Å². The highest BCUT2D eigenvalue weighted by atomic mass is 16.5. The van der Waals surface area contributed by atoms with Crippen molar-refractivity contribution in [2.24, 2.45) is 0 Å². The minimum absolute atomic E-state index is 0.158. The lowest BCUT2D eigenvalue weighted by atomic mass is 10.1. The van der Waals surface area contributed by atoms with Gasteiger partial charge in [0.25, 0.3) is 5.91 Å². The van der Waals surface area contributed by atoms with Crippen molar-refractivity contribution in [1.29, 1.82) is 0 Å². The maximum atomic E-state index is 12.5. The summed E-state index contributed by atoms with van der Waals surface area (Å²) in [4.78, 5) is 29.0. The highest BCUT2D eigenvalue weighted by Crippen LogP contribution is 2.23. The topological polar surface area (TPSA) is 72.7 Å². The normalized spacial score (nSPS) is 12.0. The van der Waals surface area contributed by atoms with E-state index in [9.17, 15) is 9.59 Å². The number of pyridine rings is 1. The van der Waals surface area contributed by atoms with Crippen LogP contribution in [0.4, 0.5) is 5.69 Å². The molecule has 0 saturated carbocycles. The van der Waals surface area contributed by atoms with Gasteiger partial charge in [-0.1, -0.05) is 42.5 Å². The first kappa shape index (κ1) is 16.8. The molecule has 6 heteroatoms. The Morgan fingerprint density at radius 2 is 1.81 bits per heavy atom. The third-order valence-electron chi connectivity index (χ3n) is 4.27. The number of hydrogen-bond donors (Lipinski definition) is 1. The van der Waals surface area contributed by atoms with Crippen LogP contribution in [0.15, 0.2) is 73.1 Å². The summed E-state index contributed by atoms with van der Waals surface area (Å²) in [5.41, 5.74) is 1.47. The molecule has 0 aliphatic heterocycles. The van der Waals surface area contributed by atoms with Gasteiger partial charge in [0.15, 0.2) is 11.8 Å². The van der Waals surface area contributed by atoms with Gasteiger partial charge in [-0.25, -0.2) is 9.78 Å². The Hall–Kier alpha value is -3.67. The van der Waals surface area contributed by atoms with Gasteiger partial charge in [-0.2, -0.15) is 0 Å². The van der Waals surface area contributed by atoms with E-state index in [-0.39, 0.29) is 5.69 Å². The van der Waals surface area contributed by atoms with E-state index < -0.39 is 18.0 Å². The lowest BCUT2D eigenvalue weighted by Gasteiger charge is -2.14. The third-order valence-corrected chi connectivity index (χ3v) is 4.27. The van der Waals surface area contributed by atoms with Crippen molar-refractivity contribution in [3.63, 3.8) is 0 Å². The second-order valence-electron chi connectivity index (χ2n) is 6.16. The van der Waals surface area contributed by atoms with Crippen LogP contribution < -0.4 is 5.32 Å². The quantitative estimate of drug-likeness (QED) is 0.564. The maximum Gasteiger partial charge on any atom is 0.359 e. The molecular weight excluding hydrogens is 342 g/mol. The molecule has 0 spiro atoms. The van der Waals surface area contributed by atoms with Gasteiger partial charge in [0.1, 0.15) is 5.65 Å². The molecule has 1 atom stereocenters. The van der Waals surface area contributed by atoms with Crippen LogP contribution in [0.3, 0.4) is 0 Å². The predicted molar refractivity (Wildman–Crippen MR) is 103 cm³/mol. The summed E-state index contributed by atoms with van der Waals surface area (Å²) in [7, 11) is 0. The standard InChI is InChI=1S/C21H17N3O3/c1-14(27-21(26)18-13-24-12-5-4-11-19(24)22-18)20(25)23-17-10-6-8-15-7-2-3-9-16(15)17/h2-14H,1H3,(H,23,25)/t14-/m1/s1. The molecule has 2 aromatic heterocycles. The van der Waals surface area contributed by atoms with Gasteiger partial charge in [-0.05, 0) is 30.5 Å². The zero-order valence-corrected chi connectivity index (χ0v) is 14.6. The number of aromatic nitrogens is 2. The molecule has 134 valence electrons. The van der Waals surface area contributed by atoms with E-state index in [1.165, 1.54) is 6.92 Å². The summed E-state index contributed by atoms with van der Waals surface area (Å²) in [5, 5.41) is 4.77. The summed E-state index contributed by atoms with van der Waals surface area (Å²) in [5.74, 6) is -1.04. The van der Waals surface area contributed by atoms with Crippen LogP contribution in [-0.4, -0.2) is 27.4 Å². The van der Waals surface area contributed by atoms with Crippen LogP contribution in [0.5, 0.6) is 0 Å².